The average Bonchev–Trinajstić information content (AvgIpc) is 3.44. The van der Waals surface area contributed by atoms with Crippen molar-refractivity contribution in [3.05, 3.63) is 24.5 Å². The molecule has 3 aromatic rings. The molecule has 2 aliphatic heterocycles. The monoisotopic (exact) mass is 520 g/mol. The number of piperazine rings is 1. The Morgan fingerprint density at radius 2 is 1.76 bits per heavy atom. The van der Waals surface area contributed by atoms with Gasteiger partial charge in [0.05, 0.1) is 12.8 Å². The van der Waals surface area contributed by atoms with Crippen LogP contribution in [0, 0.1) is 0 Å². The molecular weight excluding hydrogens is 478 g/mol. The third-order valence-corrected chi connectivity index (χ3v) is 8.60. The minimum absolute atomic E-state index is 0.451. The van der Waals surface area contributed by atoms with Crippen LogP contribution in [0.1, 0.15) is 44.9 Å². The van der Waals surface area contributed by atoms with Gasteiger partial charge in [-0.25, -0.2) is 4.98 Å². The van der Waals surface area contributed by atoms with Crippen LogP contribution < -0.4 is 25.3 Å². The molecule has 2 aromatic heterocycles. The van der Waals surface area contributed by atoms with Gasteiger partial charge in [-0.3, -0.25) is 9.88 Å². The largest absolute Gasteiger partial charge is 0.494 e. The van der Waals surface area contributed by atoms with Gasteiger partial charge in [0.25, 0.3) is 0 Å². The van der Waals surface area contributed by atoms with Gasteiger partial charge in [-0.15, -0.1) is 0 Å². The van der Waals surface area contributed by atoms with Crippen LogP contribution >= 0.6 is 0 Å². The Bertz CT molecular complexity index is 1210. The molecular formula is C28H42N9O+. The summed E-state index contributed by atoms with van der Waals surface area (Å²) in [5.41, 5.74) is 3.74. The summed E-state index contributed by atoms with van der Waals surface area (Å²) in [6.45, 7) is 6.76. The van der Waals surface area contributed by atoms with E-state index in [9.17, 15) is 0 Å². The number of aromatic nitrogens is 4. The second-order valence-corrected chi connectivity index (χ2v) is 11.1. The summed E-state index contributed by atoms with van der Waals surface area (Å²) in [6.07, 6.45) is 10.6. The minimum atomic E-state index is 0.451. The summed E-state index contributed by atoms with van der Waals surface area (Å²) in [5, 5.41) is 7.07. The SMILES string of the molecule is COc1cc(N2CCN(C3CCN(C)CC3)CC2)ccc1Nc1nc(NC2CCCCC2)c2[nH]c[nH+]c2n1. The number of ether oxygens (including phenoxy) is 1. The van der Waals surface area contributed by atoms with E-state index < -0.39 is 0 Å². The first-order valence-corrected chi connectivity index (χ1v) is 14.3. The van der Waals surface area contributed by atoms with Crippen molar-refractivity contribution in [1.82, 2.24) is 24.8 Å². The van der Waals surface area contributed by atoms with Gasteiger partial charge in [0, 0.05) is 50.0 Å². The predicted molar refractivity (Wildman–Crippen MR) is 152 cm³/mol. The molecule has 4 N–H and O–H groups in total. The number of nitrogens with one attached hydrogen (secondary N) is 4. The maximum absolute atomic E-state index is 5.81. The highest BCUT2D eigenvalue weighted by molar-refractivity contribution is 5.82. The Morgan fingerprint density at radius 1 is 0.974 bits per heavy atom. The Morgan fingerprint density at radius 3 is 2.53 bits per heavy atom. The zero-order valence-electron chi connectivity index (χ0n) is 22.8. The molecule has 6 rings (SSSR count). The highest BCUT2D eigenvalue weighted by Crippen LogP contribution is 2.33. The van der Waals surface area contributed by atoms with E-state index in [-0.39, 0.29) is 0 Å². The van der Waals surface area contributed by atoms with Crippen molar-refractivity contribution in [2.24, 2.45) is 0 Å². The molecule has 3 fully saturated rings. The van der Waals surface area contributed by atoms with E-state index in [0.717, 1.165) is 60.6 Å². The second-order valence-electron chi connectivity index (χ2n) is 11.1. The molecule has 10 nitrogen and oxygen atoms in total. The normalized spacial score (nSPS) is 20.6. The lowest BCUT2D eigenvalue weighted by Gasteiger charge is -2.43. The number of fused-ring (bicyclic) bond motifs is 1. The third-order valence-electron chi connectivity index (χ3n) is 8.60. The lowest BCUT2D eigenvalue weighted by atomic mass is 9.95. The van der Waals surface area contributed by atoms with E-state index in [2.05, 4.69) is 60.5 Å². The number of H-pyrrole nitrogens is 2. The predicted octanol–water partition coefficient (Wildman–Crippen LogP) is 3.49. The summed E-state index contributed by atoms with van der Waals surface area (Å²) in [4.78, 5) is 23.6. The van der Waals surface area contributed by atoms with Crippen LogP contribution in [0.25, 0.3) is 11.2 Å². The summed E-state index contributed by atoms with van der Waals surface area (Å²) < 4.78 is 5.81. The second kappa shape index (κ2) is 11.3. The lowest BCUT2D eigenvalue weighted by Crippen LogP contribution is -2.53. The molecule has 1 saturated carbocycles. The molecule has 0 atom stereocenters. The van der Waals surface area contributed by atoms with E-state index in [4.69, 9.17) is 14.7 Å². The number of imidazole rings is 1. The molecule has 38 heavy (non-hydrogen) atoms. The zero-order chi connectivity index (χ0) is 25.9. The maximum atomic E-state index is 5.81. The first-order valence-electron chi connectivity index (χ1n) is 14.3. The number of hydrogen-bond acceptors (Lipinski definition) is 8. The fourth-order valence-electron chi connectivity index (χ4n) is 6.28. The number of hydrogen-bond donors (Lipinski definition) is 3. The Labute approximate surface area is 225 Å². The summed E-state index contributed by atoms with van der Waals surface area (Å²) in [5.74, 6) is 2.18. The molecule has 1 aliphatic carbocycles. The van der Waals surface area contributed by atoms with E-state index in [1.54, 1.807) is 13.4 Å². The molecule has 0 unspecified atom stereocenters. The van der Waals surface area contributed by atoms with E-state index in [0.29, 0.717) is 12.0 Å². The van der Waals surface area contributed by atoms with E-state index in [1.165, 1.54) is 63.7 Å². The first-order chi connectivity index (χ1) is 18.7. The van der Waals surface area contributed by atoms with Gasteiger partial charge in [-0.05, 0) is 58.0 Å². The van der Waals surface area contributed by atoms with Crippen LogP contribution in [0.4, 0.5) is 23.1 Å². The Kier molecular flexibility index (Phi) is 7.51. The fourth-order valence-corrected chi connectivity index (χ4v) is 6.28. The van der Waals surface area contributed by atoms with Gasteiger partial charge < -0.3 is 25.2 Å². The zero-order valence-corrected chi connectivity index (χ0v) is 22.8. The molecule has 3 aliphatic rings. The third kappa shape index (κ3) is 5.51. The number of rotatable bonds is 7. The Hall–Kier alpha value is -3.11. The molecule has 2 saturated heterocycles. The van der Waals surface area contributed by atoms with Crippen molar-refractivity contribution in [3.8, 4) is 5.75 Å². The van der Waals surface area contributed by atoms with Crippen molar-refractivity contribution >= 4 is 34.3 Å². The highest BCUT2D eigenvalue weighted by Gasteiger charge is 2.27. The lowest BCUT2D eigenvalue weighted by molar-refractivity contribution is -0.347. The van der Waals surface area contributed by atoms with Crippen LogP contribution in [-0.2, 0) is 0 Å². The molecule has 0 radical (unpaired) electrons. The number of anilines is 4. The van der Waals surface area contributed by atoms with Gasteiger partial charge in [-0.1, -0.05) is 24.2 Å². The molecule has 1 aromatic carbocycles. The average molecular weight is 521 g/mol. The van der Waals surface area contributed by atoms with Crippen LogP contribution in [0.5, 0.6) is 5.75 Å². The van der Waals surface area contributed by atoms with Crippen LogP contribution in [0.15, 0.2) is 24.5 Å². The number of piperidine rings is 1. The number of benzene rings is 1. The number of aromatic amines is 2. The maximum Gasteiger partial charge on any atom is 0.307 e. The summed E-state index contributed by atoms with van der Waals surface area (Å²) in [6, 6.07) is 7.59. The number of methoxy groups -OCH3 is 1. The molecule has 0 amide bonds. The molecule has 0 bridgehead atoms. The minimum Gasteiger partial charge on any atom is -0.494 e. The van der Waals surface area contributed by atoms with Crippen molar-refractivity contribution in [2.45, 2.75) is 57.0 Å². The van der Waals surface area contributed by atoms with Gasteiger partial charge in [-0.2, -0.15) is 4.98 Å². The first kappa shape index (κ1) is 25.2. The summed E-state index contributed by atoms with van der Waals surface area (Å²) >= 11 is 0. The Balaban J connectivity index is 1.14. The quantitative estimate of drug-likeness (QED) is 0.436. The van der Waals surface area contributed by atoms with Gasteiger partial charge in [0.2, 0.25) is 5.52 Å². The van der Waals surface area contributed by atoms with Gasteiger partial charge in [0.15, 0.2) is 12.1 Å². The van der Waals surface area contributed by atoms with Crippen molar-refractivity contribution < 1.29 is 9.72 Å². The van der Waals surface area contributed by atoms with Crippen molar-refractivity contribution in [1.29, 1.82) is 0 Å². The standard InChI is InChI=1S/C28H41N9O/c1-35-12-10-21(11-13-35)36-14-16-37(17-15-36)22-8-9-23(24(18-22)38-2)32-28-33-26-25(29-19-30-26)27(34-28)31-20-6-4-3-5-7-20/h8-9,18-21H,3-7,10-17H2,1-2H3,(H3,29,30,31,32,33,34)/p+1. The van der Waals surface area contributed by atoms with E-state index >= 15 is 0 Å². The molecule has 10 heteroatoms. The topological polar surface area (TPSA) is 98.7 Å². The van der Waals surface area contributed by atoms with Gasteiger partial charge >= 0.3 is 11.6 Å². The van der Waals surface area contributed by atoms with Crippen molar-refractivity contribution in [3.63, 3.8) is 0 Å². The number of likely N-dealkylation sites (tertiary alicyclic amines) is 1. The van der Waals surface area contributed by atoms with Crippen molar-refractivity contribution in [2.75, 3.05) is 69.0 Å². The number of nitrogens with zero attached hydrogens (tertiary/aromatic N) is 5. The van der Waals surface area contributed by atoms with Crippen LogP contribution in [0.2, 0.25) is 0 Å². The smallest absolute Gasteiger partial charge is 0.307 e. The molecule has 0 spiro atoms. The fraction of sp³-hybridized carbons (Fsp3) is 0.607. The molecule has 204 valence electrons. The van der Waals surface area contributed by atoms with Gasteiger partial charge in [0.1, 0.15) is 5.75 Å². The van der Waals surface area contributed by atoms with Crippen LogP contribution in [0.3, 0.4) is 0 Å². The van der Waals surface area contributed by atoms with E-state index in [1.807, 2.05) is 0 Å². The molecule has 4 heterocycles. The van der Waals surface area contributed by atoms with Crippen LogP contribution in [-0.4, -0.2) is 90.3 Å². The summed E-state index contributed by atoms with van der Waals surface area (Å²) in [7, 11) is 3.96. The highest BCUT2D eigenvalue weighted by atomic mass is 16.5.